The molecule has 8 heteroatoms. The second-order valence-electron chi connectivity index (χ2n) is 6.92. The molecule has 0 bridgehead atoms. The number of thiophene rings is 1. The average molecular weight is 398 g/mol. The minimum absolute atomic E-state index is 0.00113. The number of carbonyl (C=O) groups is 2. The molecule has 2 aromatic heterocycles. The zero-order chi connectivity index (χ0) is 19.7. The van der Waals surface area contributed by atoms with Crippen molar-refractivity contribution in [2.45, 2.75) is 32.4 Å². The highest BCUT2D eigenvalue weighted by Crippen LogP contribution is 2.28. The molecule has 7 nitrogen and oxygen atoms in total. The van der Waals surface area contributed by atoms with E-state index in [0.29, 0.717) is 31.6 Å². The van der Waals surface area contributed by atoms with Crippen LogP contribution in [0.3, 0.4) is 0 Å². The van der Waals surface area contributed by atoms with E-state index >= 15 is 0 Å². The summed E-state index contributed by atoms with van der Waals surface area (Å²) < 4.78 is 1.10. The van der Waals surface area contributed by atoms with Gasteiger partial charge in [-0.3, -0.25) is 14.7 Å². The lowest BCUT2D eigenvalue weighted by atomic mass is 10.0. The Morgan fingerprint density at radius 2 is 2.21 bits per heavy atom. The van der Waals surface area contributed by atoms with Gasteiger partial charge in [0.1, 0.15) is 0 Å². The molecule has 0 spiro atoms. The summed E-state index contributed by atoms with van der Waals surface area (Å²) in [5.74, 6) is -0.290. The molecule has 3 heterocycles. The minimum Gasteiger partial charge on any atom is -0.394 e. The number of nitrogens with one attached hydrogen (secondary N) is 2. The van der Waals surface area contributed by atoms with E-state index in [1.54, 1.807) is 4.90 Å². The van der Waals surface area contributed by atoms with Crippen LogP contribution in [-0.4, -0.2) is 51.2 Å². The zero-order valence-corrected chi connectivity index (χ0v) is 16.4. The quantitative estimate of drug-likeness (QED) is 0.614. The van der Waals surface area contributed by atoms with E-state index < -0.39 is 0 Å². The Labute approximate surface area is 166 Å². The van der Waals surface area contributed by atoms with E-state index in [-0.39, 0.29) is 24.5 Å². The summed E-state index contributed by atoms with van der Waals surface area (Å²) in [6.45, 7) is 2.74. The predicted molar refractivity (Wildman–Crippen MR) is 107 cm³/mol. The van der Waals surface area contributed by atoms with Gasteiger partial charge in [-0.15, -0.1) is 11.3 Å². The second kappa shape index (κ2) is 7.73. The molecule has 1 aliphatic heterocycles. The third-order valence-electron chi connectivity index (χ3n) is 5.12. The number of aromatic amines is 1. The lowest BCUT2D eigenvalue weighted by molar-refractivity contribution is 0.0737. The van der Waals surface area contributed by atoms with Crippen LogP contribution in [0.2, 0.25) is 0 Å². The van der Waals surface area contributed by atoms with Crippen LogP contribution in [0.1, 0.15) is 44.8 Å². The van der Waals surface area contributed by atoms with Gasteiger partial charge in [-0.25, -0.2) is 0 Å². The van der Waals surface area contributed by atoms with Gasteiger partial charge in [0.2, 0.25) is 0 Å². The number of nitrogens with zero attached hydrogens (tertiary/aromatic N) is 2. The fraction of sp³-hybridized carbons (Fsp3) is 0.350. The van der Waals surface area contributed by atoms with Crippen molar-refractivity contribution in [2.75, 3.05) is 13.2 Å². The maximum atomic E-state index is 12.9. The maximum Gasteiger partial charge on any atom is 0.272 e. The van der Waals surface area contributed by atoms with E-state index in [4.69, 9.17) is 0 Å². The zero-order valence-electron chi connectivity index (χ0n) is 15.6. The molecule has 0 saturated heterocycles. The number of fused-ring (bicyclic) bond motifs is 2. The largest absolute Gasteiger partial charge is 0.394 e. The van der Waals surface area contributed by atoms with Crippen LogP contribution >= 0.6 is 11.3 Å². The Balaban J connectivity index is 1.50. The van der Waals surface area contributed by atoms with Crippen molar-refractivity contribution in [1.29, 1.82) is 0 Å². The molecule has 1 aromatic carbocycles. The number of aliphatic hydroxyl groups is 1. The van der Waals surface area contributed by atoms with Crippen LogP contribution in [0.5, 0.6) is 0 Å². The standard InChI is InChI=1S/C20H22N4O3S/c1-2-13(11-25)21-19(26)18-14-7-8-24(10-15(14)22-23-18)20(27)17-9-12-5-3-4-6-16(12)28-17/h3-6,9,13,25H,2,7-8,10-11H2,1H3,(H,21,26)(H,22,23)/t13-/m0/s1. The SMILES string of the molecule is CC[C@@H](CO)NC(=O)c1n[nH]c2c1CCN(C(=O)c1cc3ccccc3s1)C2. The molecule has 0 radical (unpaired) electrons. The van der Waals surface area contributed by atoms with Gasteiger partial charge >= 0.3 is 0 Å². The monoisotopic (exact) mass is 398 g/mol. The summed E-state index contributed by atoms with van der Waals surface area (Å²) in [7, 11) is 0. The Kier molecular flexibility index (Phi) is 5.15. The van der Waals surface area contributed by atoms with Crippen LogP contribution in [-0.2, 0) is 13.0 Å². The number of rotatable bonds is 5. The molecule has 0 aliphatic carbocycles. The number of benzene rings is 1. The summed E-state index contributed by atoms with van der Waals surface area (Å²) in [5.41, 5.74) is 2.00. The summed E-state index contributed by atoms with van der Waals surface area (Å²) in [5, 5.41) is 20.2. The van der Waals surface area contributed by atoms with Crippen molar-refractivity contribution in [3.63, 3.8) is 0 Å². The topological polar surface area (TPSA) is 98.3 Å². The number of H-pyrrole nitrogens is 1. The highest BCUT2D eigenvalue weighted by Gasteiger charge is 2.29. The van der Waals surface area contributed by atoms with E-state index in [9.17, 15) is 14.7 Å². The Hall–Kier alpha value is -2.71. The molecule has 1 atom stereocenters. The van der Waals surface area contributed by atoms with Crippen molar-refractivity contribution in [3.8, 4) is 0 Å². The number of aliphatic hydroxyl groups excluding tert-OH is 1. The summed E-state index contributed by atoms with van der Waals surface area (Å²) in [6.07, 6.45) is 1.22. The highest BCUT2D eigenvalue weighted by molar-refractivity contribution is 7.20. The fourth-order valence-corrected chi connectivity index (χ4v) is 4.48. The van der Waals surface area contributed by atoms with Crippen LogP contribution in [0, 0.1) is 0 Å². The van der Waals surface area contributed by atoms with Crippen molar-refractivity contribution < 1.29 is 14.7 Å². The Bertz CT molecular complexity index is 989. The number of carbonyl (C=O) groups excluding carboxylic acids is 2. The summed E-state index contributed by atoms with van der Waals surface area (Å²) >= 11 is 1.50. The third kappa shape index (κ3) is 3.41. The first kappa shape index (κ1) is 18.6. The van der Waals surface area contributed by atoms with Gasteiger partial charge in [0.05, 0.1) is 29.8 Å². The Morgan fingerprint density at radius 1 is 1.39 bits per heavy atom. The van der Waals surface area contributed by atoms with E-state index in [1.807, 2.05) is 37.3 Å². The number of hydrogen-bond acceptors (Lipinski definition) is 5. The van der Waals surface area contributed by atoms with Crippen molar-refractivity contribution in [2.24, 2.45) is 0 Å². The number of hydrogen-bond donors (Lipinski definition) is 3. The molecule has 2 amide bonds. The van der Waals surface area contributed by atoms with Gasteiger partial charge in [0.25, 0.3) is 11.8 Å². The number of aromatic nitrogens is 2. The maximum absolute atomic E-state index is 12.9. The van der Waals surface area contributed by atoms with E-state index in [0.717, 1.165) is 26.2 Å². The highest BCUT2D eigenvalue weighted by atomic mass is 32.1. The molecule has 0 saturated carbocycles. The molecule has 4 rings (SSSR count). The van der Waals surface area contributed by atoms with Crippen LogP contribution < -0.4 is 5.32 Å². The summed E-state index contributed by atoms with van der Waals surface area (Å²) in [4.78, 5) is 27.9. The minimum atomic E-state index is -0.289. The third-order valence-corrected chi connectivity index (χ3v) is 6.22. The van der Waals surface area contributed by atoms with Gasteiger partial charge in [-0.2, -0.15) is 5.10 Å². The second-order valence-corrected chi connectivity index (χ2v) is 8.00. The molecular formula is C20H22N4O3S. The Morgan fingerprint density at radius 3 is 2.96 bits per heavy atom. The molecule has 28 heavy (non-hydrogen) atoms. The molecule has 146 valence electrons. The smallest absolute Gasteiger partial charge is 0.272 e. The molecule has 1 aliphatic rings. The normalized spacial score (nSPS) is 14.7. The van der Waals surface area contributed by atoms with E-state index in [1.165, 1.54) is 11.3 Å². The molecular weight excluding hydrogens is 376 g/mol. The first-order valence-corrected chi connectivity index (χ1v) is 10.2. The molecule has 3 aromatic rings. The lowest BCUT2D eigenvalue weighted by Crippen LogP contribution is -2.39. The fourth-order valence-electron chi connectivity index (χ4n) is 3.45. The number of amides is 2. The lowest BCUT2D eigenvalue weighted by Gasteiger charge is -2.26. The van der Waals surface area contributed by atoms with Crippen LogP contribution in [0.15, 0.2) is 30.3 Å². The van der Waals surface area contributed by atoms with Crippen molar-refractivity contribution in [3.05, 3.63) is 52.2 Å². The molecule has 3 N–H and O–H groups in total. The van der Waals surface area contributed by atoms with Gasteiger partial charge in [-0.1, -0.05) is 25.1 Å². The van der Waals surface area contributed by atoms with Gasteiger partial charge in [0.15, 0.2) is 5.69 Å². The average Bonchev–Trinajstić information content (AvgIpc) is 3.34. The van der Waals surface area contributed by atoms with Crippen molar-refractivity contribution in [1.82, 2.24) is 20.4 Å². The van der Waals surface area contributed by atoms with Crippen molar-refractivity contribution >= 4 is 33.2 Å². The summed E-state index contributed by atoms with van der Waals surface area (Å²) in [6, 6.07) is 9.61. The van der Waals surface area contributed by atoms with Crippen LogP contribution in [0.4, 0.5) is 0 Å². The molecule has 0 unspecified atom stereocenters. The molecule has 0 fully saturated rings. The van der Waals surface area contributed by atoms with Crippen LogP contribution in [0.25, 0.3) is 10.1 Å². The van der Waals surface area contributed by atoms with Gasteiger partial charge in [0, 0.05) is 16.8 Å². The van der Waals surface area contributed by atoms with Gasteiger partial charge in [-0.05, 0) is 30.4 Å². The predicted octanol–water partition coefficient (Wildman–Crippen LogP) is 2.32. The van der Waals surface area contributed by atoms with Gasteiger partial charge < -0.3 is 15.3 Å². The first-order chi connectivity index (χ1) is 13.6. The van der Waals surface area contributed by atoms with E-state index in [2.05, 4.69) is 15.5 Å². The first-order valence-electron chi connectivity index (χ1n) is 9.36.